The maximum absolute atomic E-state index is 12.0. The Labute approximate surface area is 165 Å². The van der Waals surface area contributed by atoms with Crippen molar-refractivity contribution in [3.05, 3.63) is 58.1 Å². The summed E-state index contributed by atoms with van der Waals surface area (Å²) in [5.74, 6) is -1.59. The van der Waals surface area contributed by atoms with Crippen LogP contribution >= 0.6 is 23.2 Å². The van der Waals surface area contributed by atoms with Gasteiger partial charge in [0.1, 0.15) is 5.75 Å². The zero-order chi connectivity index (χ0) is 20.0. The molecule has 0 saturated heterocycles. The van der Waals surface area contributed by atoms with Gasteiger partial charge >= 0.3 is 5.97 Å². The molecule has 0 aliphatic heterocycles. The average Bonchev–Trinajstić information content (AvgIpc) is 2.62. The third-order valence-electron chi connectivity index (χ3n) is 3.33. The van der Waals surface area contributed by atoms with Crippen molar-refractivity contribution in [1.82, 2.24) is 0 Å². The fourth-order valence-electron chi connectivity index (χ4n) is 1.98. The Morgan fingerprint density at radius 1 is 1.11 bits per heavy atom. The smallest absolute Gasteiger partial charge is 0.347 e. The first-order valence-corrected chi connectivity index (χ1v) is 8.50. The number of carbonyl (C=O) groups is 3. The van der Waals surface area contributed by atoms with Crippen molar-refractivity contribution in [2.75, 3.05) is 11.9 Å². The lowest BCUT2D eigenvalue weighted by Crippen LogP contribution is -2.29. The zero-order valence-corrected chi connectivity index (χ0v) is 15.7. The summed E-state index contributed by atoms with van der Waals surface area (Å²) in [5, 5.41) is 3.21. The van der Waals surface area contributed by atoms with Gasteiger partial charge in [0.25, 0.3) is 5.91 Å². The molecule has 0 radical (unpaired) electrons. The van der Waals surface area contributed by atoms with E-state index >= 15 is 0 Å². The quantitative estimate of drug-likeness (QED) is 0.681. The van der Waals surface area contributed by atoms with Gasteiger partial charge in [-0.15, -0.1) is 0 Å². The molecule has 0 spiro atoms. The van der Waals surface area contributed by atoms with Gasteiger partial charge in [0.2, 0.25) is 5.91 Å². The van der Waals surface area contributed by atoms with Gasteiger partial charge in [0, 0.05) is 16.3 Å². The molecule has 0 aliphatic carbocycles. The van der Waals surface area contributed by atoms with Gasteiger partial charge in [-0.25, -0.2) is 4.79 Å². The lowest BCUT2D eigenvalue weighted by Gasteiger charge is -2.15. The first-order valence-electron chi connectivity index (χ1n) is 7.74. The van der Waals surface area contributed by atoms with Gasteiger partial charge in [0.05, 0.1) is 5.02 Å². The van der Waals surface area contributed by atoms with Crippen LogP contribution in [-0.2, 0) is 14.3 Å². The molecule has 27 heavy (non-hydrogen) atoms. The van der Waals surface area contributed by atoms with Gasteiger partial charge in [-0.2, -0.15) is 0 Å². The Balaban J connectivity index is 1.83. The summed E-state index contributed by atoms with van der Waals surface area (Å²) in [6.07, 6.45) is -0.980. The second-order valence-corrected chi connectivity index (χ2v) is 6.28. The van der Waals surface area contributed by atoms with Crippen LogP contribution in [0.25, 0.3) is 0 Å². The number of halogens is 2. The van der Waals surface area contributed by atoms with Crippen molar-refractivity contribution >= 4 is 46.7 Å². The molecular formula is C18H16Cl2N2O5. The molecule has 0 bridgehead atoms. The van der Waals surface area contributed by atoms with Gasteiger partial charge in [-0.1, -0.05) is 23.2 Å². The lowest BCUT2D eigenvalue weighted by atomic mass is 10.2. The number of hydrogen-bond donors (Lipinski definition) is 2. The molecular weight excluding hydrogens is 395 g/mol. The van der Waals surface area contributed by atoms with Gasteiger partial charge in [0.15, 0.2) is 12.7 Å². The Morgan fingerprint density at radius 2 is 1.78 bits per heavy atom. The highest BCUT2D eigenvalue weighted by Gasteiger charge is 2.19. The number of esters is 1. The number of rotatable bonds is 7. The topological polar surface area (TPSA) is 108 Å². The zero-order valence-electron chi connectivity index (χ0n) is 14.2. The maximum Gasteiger partial charge on any atom is 0.347 e. The van der Waals surface area contributed by atoms with Crippen molar-refractivity contribution in [2.45, 2.75) is 13.0 Å². The Kier molecular flexibility index (Phi) is 7.04. The minimum Gasteiger partial charge on any atom is -0.477 e. The number of nitrogens with two attached hydrogens (primary N) is 1. The molecule has 7 nitrogen and oxygen atoms in total. The minimum absolute atomic E-state index is 0.249. The van der Waals surface area contributed by atoms with E-state index in [0.29, 0.717) is 16.3 Å². The fourth-order valence-corrected chi connectivity index (χ4v) is 2.43. The SMILES string of the molecule is C[C@@H](Oc1ccc(Cl)cc1Cl)C(=O)OCC(=O)Nc1ccc(C(N)=O)cc1. The summed E-state index contributed by atoms with van der Waals surface area (Å²) in [5.41, 5.74) is 5.88. The van der Waals surface area contributed by atoms with E-state index in [1.54, 1.807) is 6.07 Å². The van der Waals surface area contributed by atoms with Crippen LogP contribution in [0.3, 0.4) is 0 Å². The molecule has 0 aromatic heterocycles. The van der Waals surface area contributed by atoms with Crippen LogP contribution in [0.4, 0.5) is 5.69 Å². The number of hydrogen-bond acceptors (Lipinski definition) is 5. The Bertz CT molecular complexity index is 855. The molecule has 1 atom stereocenters. The summed E-state index contributed by atoms with van der Waals surface area (Å²) in [6, 6.07) is 10.5. The normalized spacial score (nSPS) is 11.4. The van der Waals surface area contributed by atoms with Crippen molar-refractivity contribution in [3.8, 4) is 5.75 Å². The number of nitrogens with one attached hydrogen (secondary N) is 1. The van der Waals surface area contributed by atoms with E-state index in [-0.39, 0.29) is 10.8 Å². The Hall–Kier alpha value is -2.77. The summed E-state index contributed by atoms with van der Waals surface area (Å²) in [4.78, 5) is 34.8. The molecule has 0 saturated carbocycles. The van der Waals surface area contributed by atoms with Crippen molar-refractivity contribution in [1.29, 1.82) is 0 Å². The molecule has 2 aromatic carbocycles. The largest absolute Gasteiger partial charge is 0.477 e. The number of amides is 2. The number of benzene rings is 2. The van der Waals surface area contributed by atoms with E-state index in [0.717, 1.165) is 0 Å². The van der Waals surface area contributed by atoms with Crippen LogP contribution in [0, 0.1) is 0 Å². The second kappa shape index (κ2) is 9.25. The maximum atomic E-state index is 12.0. The predicted octanol–water partition coefficient (Wildman–Crippen LogP) is 3.04. The van der Waals surface area contributed by atoms with E-state index < -0.39 is 30.5 Å². The van der Waals surface area contributed by atoms with E-state index in [4.69, 9.17) is 38.4 Å². The first-order chi connectivity index (χ1) is 12.8. The van der Waals surface area contributed by atoms with Crippen molar-refractivity contribution < 1.29 is 23.9 Å². The third-order valence-corrected chi connectivity index (χ3v) is 3.86. The molecule has 0 heterocycles. The van der Waals surface area contributed by atoms with Crippen LogP contribution in [0.2, 0.25) is 10.0 Å². The second-order valence-electron chi connectivity index (χ2n) is 5.43. The van der Waals surface area contributed by atoms with E-state index in [9.17, 15) is 14.4 Å². The Morgan fingerprint density at radius 3 is 2.37 bits per heavy atom. The van der Waals surface area contributed by atoms with Crippen LogP contribution in [-0.4, -0.2) is 30.5 Å². The highest BCUT2D eigenvalue weighted by Crippen LogP contribution is 2.28. The monoisotopic (exact) mass is 410 g/mol. The highest BCUT2D eigenvalue weighted by molar-refractivity contribution is 6.35. The predicted molar refractivity (Wildman–Crippen MR) is 101 cm³/mol. The molecule has 142 valence electrons. The van der Waals surface area contributed by atoms with E-state index in [2.05, 4.69) is 5.32 Å². The summed E-state index contributed by atoms with van der Waals surface area (Å²) in [7, 11) is 0. The van der Waals surface area contributed by atoms with Crippen LogP contribution in [0.15, 0.2) is 42.5 Å². The third kappa shape index (κ3) is 6.16. The van der Waals surface area contributed by atoms with Crippen LogP contribution in [0.1, 0.15) is 17.3 Å². The average molecular weight is 411 g/mol. The minimum atomic E-state index is -0.980. The molecule has 3 N–H and O–H groups in total. The number of primary amides is 1. The first kappa shape index (κ1) is 20.5. The molecule has 0 fully saturated rings. The molecule has 9 heteroatoms. The van der Waals surface area contributed by atoms with Gasteiger partial charge in [-0.05, 0) is 49.4 Å². The molecule has 2 aromatic rings. The molecule has 0 aliphatic rings. The molecule has 2 amide bonds. The molecule has 0 unspecified atom stereocenters. The molecule has 2 rings (SSSR count). The van der Waals surface area contributed by atoms with E-state index in [1.165, 1.54) is 43.3 Å². The van der Waals surface area contributed by atoms with Crippen molar-refractivity contribution in [3.63, 3.8) is 0 Å². The highest BCUT2D eigenvalue weighted by atomic mass is 35.5. The van der Waals surface area contributed by atoms with Gasteiger partial charge < -0.3 is 20.5 Å². The fraction of sp³-hybridized carbons (Fsp3) is 0.167. The van der Waals surface area contributed by atoms with E-state index in [1.807, 2.05) is 0 Å². The summed E-state index contributed by atoms with van der Waals surface area (Å²) in [6.45, 7) is 0.964. The van der Waals surface area contributed by atoms with Crippen LogP contribution in [0.5, 0.6) is 5.75 Å². The number of carbonyl (C=O) groups excluding carboxylic acids is 3. The standard InChI is InChI=1S/C18H16Cl2N2O5/c1-10(27-15-7-4-12(19)8-14(15)20)18(25)26-9-16(23)22-13-5-2-11(3-6-13)17(21)24/h2-8,10H,9H2,1H3,(H2,21,24)(H,22,23)/t10-/m1/s1. The summed E-state index contributed by atoms with van der Waals surface area (Å²) < 4.78 is 10.3. The van der Waals surface area contributed by atoms with Crippen LogP contribution < -0.4 is 15.8 Å². The number of ether oxygens (including phenoxy) is 2. The van der Waals surface area contributed by atoms with Gasteiger partial charge in [-0.3, -0.25) is 9.59 Å². The lowest BCUT2D eigenvalue weighted by molar-refractivity contribution is -0.153. The van der Waals surface area contributed by atoms with Crippen molar-refractivity contribution in [2.24, 2.45) is 5.73 Å². The number of anilines is 1. The summed E-state index contributed by atoms with van der Waals surface area (Å²) >= 11 is 11.8.